The Morgan fingerprint density at radius 3 is 2.89 bits per heavy atom. The van der Waals surface area contributed by atoms with Crippen LogP contribution in [-0.2, 0) is 18.8 Å². The van der Waals surface area contributed by atoms with Gasteiger partial charge in [0.25, 0.3) is 0 Å². The number of aryl methyl sites for hydroxylation is 1. The molecule has 2 heterocycles. The Morgan fingerprint density at radius 2 is 2.28 bits per heavy atom. The summed E-state index contributed by atoms with van der Waals surface area (Å²) in [6, 6.07) is 1.93. The summed E-state index contributed by atoms with van der Waals surface area (Å²) < 4.78 is 7.23. The molecule has 7 heteroatoms. The third-order valence-corrected chi connectivity index (χ3v) is 3.43. The lowest BCUT2D eigenvalue weighted by Crippen LogP contribution is -2.09. The predicted molar refractivity (Wildman–Crippen MR) is 69.0 cm³/mol. The quantitative estimate of drug-likeness (QED) is 0.803. The van der Waals surface area contributed by atoms with E-state index in [9.17, 15) is 0 Å². The number of rotatable bonds is 6. The third-order valence-electron chi connectivity index (χ3n) is 2.44. The van der Waals surface area contributed by atoms with Crippen LogP contribution in [0.1, 0.15) is 30.6 Å². The summed E-state index contributed by atoms with van der Waals surface area (Å²) in [6.45, 7) is 5.32. The molecule has 0 radical (unpaired) electrons. The number of thioether (sulfide) groups is 1. The van der Waals surface area contributed by atoms with Crippen molar-refractivity contribution < 1.29 is 4.52 Å². The van der Waals surface area contributed by atoms with Crippen LogP contribution in [0.25, 0.3) is 0 Å². The van der Waals surface area contributed by atoms with Crippen LogP contribution < -0.4 is 5.73 Å². The van der Waals surface area contributed by atoms with Crippen LogP contribution in [0.2, 0.25) is 0 Å². The molecule has 0 atom stereocenters. The largest absolute Gasteiger partial charge is 0.360 e. The van der Waals surface area contributed by atoms with E-state index in [4.69, 9.17) is 10.3 Å². The summed E-state index contributed by atoms with van der Waals surface area (Å²) in [5.41, 5.74) is 6.54. The molecule has 0 aromatic carbocycles. The Bertz CT molecular complexity index is 507. The van der Waals surface area contributed by atoms with Gasteiger partial charge < -0.3 is 14.8 Å². The fourth-order valence-electron chi connectivity index (χ4n) is 1.64. The van der Waals surface area contributed by atoms with Crippen molar-refractivity contribution in [2.24, 2.45) is 5.73 Å². The summed E-state index contributed by atoms with van der Waals surface area (Å²) in [5.74, 6) is 2.37. The molecule has 0 amide bonds. The first-order chi connectivity index (χ1) is 8.74. The van der Waals surface area contributed by atoms with E-state index in [1.165, 1.54) is 0 Å². The van der Waals surface area contributed by atoms with Crippen LogP contribution in [0.3, 0.4) is 0 Å². The van der Waals surface area contributed by atoms with Crippen LogP contribution in [0, 0.1) is 6.92 Å². The number of nitrogens with two attached hydrogens (primary N) is 1. The smallest absolute Gasteiger partial charge is 0.191 e. The van der Waals surface area contributed by atoms with E-state index in [2.05, 4.69) is 26.8 Å². The Morgan fingerprint density at radius 1 is 1.44 bits per heavy atom. The molecule has 2 aromatic rings. The van der Waals surface area contributed by atoms with Gasteiger partial charge in [0.15, 0.2) is 5.16 Å². The fourth-order valence-corrected chi connectivity index (χ4v) is 2.50. The monoisotopic (exact) mass is 267 g/mol. The first kappa shape index (κ1) is 13.1. The van der Waals surface area contributed by atoms with Gasteiger partial charge in [0, 0.05) is 12.6 Å². The zero-order valence-corrected chi connectivity index (χ0v) is 11.4. The van der Waals surface area contributed by atoms with E-state index in [0.29, 0.717) is 12.3 Å². The van der Waals surface area contributed by atoms with Gasteiger partial charge in [-0.2, -0.15) is 0 Å². The highest BCUT2D eigenvalue weighted by atomic mass is 32.2. The summed E-state index contributed by atoms with van der Waals surface area (Å²) in [6.07, 6.45) is 1.03. The summed E-state index contributed by atoms with van der Waals surface area (Å²) in [7, 11) is 0. The molecule has 0 spiro atoms. The van der Waals surface area contributed by atoms with Gasteiger partial charge in [-0.05, 0) is 13.3 Å². The lowest BCUT2D eigenvalue weighted by Gasteiger charge is -2.06. The molecule has 0 bridgehead atoms. The van der Waals surface area contributed by atoms with E-state index < -0.39 is 0 Å². The van der Waals surface area contributed by atoms with Crippen molar-refractivity contribution in [2.75, 3.05) is 0 Å². The molecule has 0 unspecified atom stereocenters. The molecule has 0 saturated heterocycles. The molecule has 18 heavy (non-hydrogen) atoms. The molecule has 6 nitrogen and oxygen atoms in total. The van der Waals surface area contributed by atoms with Gasteiger partial charge in [0.2, 0.25) is 0 Å². The molecule has 0 aliphatic rings. The number of aromatic nitrogens is 4. The zero-order chi connectivity index (χ0) is 13.0. The second-order valence-corrected chi connectivity index (χ2v) is 4.92. The maximum absolute atomic E-state index is 5.64. The summed E-state index contributed by atoms with van der Waals surface area (Å²) >= 11 is 1.59. The number of nitrogens with zero attached hydrogens (tertiary/aromatic N) is 4. The van der Waals surface area contributed by atoms with Crippen molar-refractivity contribution in [3.63, 3.8) is 0 Å². The molecule has 2 N–H and O–H groups in total. The summed E-state index contributed by atoms with van der Waals surface area (Å²) in [4.78, 5) is 0. The van der Waals surface area contributed by atoms with Crippen molar-refractivity contribution in [2.45, 2.75) is 44.3 Å². The van der Waals surface area contributed by atoms with Gasteiger partial charge in [-0.3, -0.25) is 0 Å². The number of hydrogen-bond donors (Lipinski definition) is 1. The highest BCUT2D eigenvalue weighted by Gasteiger charge is 2.12. The molecule has 0 saturated carbocycles. The first-order valence-electron chi connectivity index (χ1n) is 5.91. The predicted octanol–water partition coefficient (Wildman–Crippen LogP) is 1.74. The maximum Gasteiger partial charge on any atom is 0.191 e. The Balaban J connectivity index is 2.06. The maximum atomic E-state index is 5.64. The normalized spacial score (nSPS) is 11.1. The molecular formula is C11H17N5OS. The second kappa shape index (κ2) is 6.01. The topological polar surface area (TPSA) is 82.8 Å². The molecule has 0 aliphatic carbocycles. The van der Waals surface area contributed by atoms with Crippen molar-refractivity contribution in [3.05, 3.63) is 23.3 Å². The van der Waals surface area contributed by atoms with Gasteiger partial charge in [-0.25, -0.2) is 0 Å². The molecule has 0 fully saturated rings. The van der Waals surface area contributed by atoms with E-state index in [1.807, 2.05) is 13.0 Å². The zero-order valence-electron chi connectivity index (χ0n) is 10.6. The standard InChI is InChI=1S/C11H17N5OS/c1-3-4-16-10(6-12)13-14-11(16)18-7-9-5-8(2)15-17-9/h5H,3-4,6-7,12H2,1-2H3. The minimum Gasteiger partial charge on any atom is -0.360 e. The highest BCUT2D eigenvalue weighted by molar-refractivity contribution is 7.98. The van der Waals surface area contributed by atoms with E-state index in [1.54, 1.807) is 11.8 Å². The lowest BCUT2D eigenvalue weighted by molar-refractivity contribution is 0.391. The SMILES string of the molecule is CCCn1c(CN)nnc1SCc1cc(C)no1. The molecule has 0 aliphatic heterocycles. The van der Waals surface area contributed by atoms with Crippen LogP contribution >= 0.6 is 11.8 Å². The highest BCUT2D eigenvalue weighted by Crippen LogP contribution is 2.22. The first-order valence-corrected chi connectivity index (χ1v) is 6.90. The fraction of sp³-hybridized carbons (Fsp3) is 0.545. The Kier molecular flexibility index (Phi) is 4.38. The van der Waals surface area contributed by atoms with Gasteiger partial charge in [0.05, 0.1) is 18.0 Å². The van der Waals surface area contributed by atoms with Crippen molar-refractivity contribution in [1.82, 2.24) is 19.9 Å². The number of hydrogen-bond acceptors (Lipinski definition) is 6. The average molecular weight is 267 g/mol. The van der Waals surface area contributed by atoms with Crippen molar-refractivity contribution in [3.8, 4) is 0 Å². The third kappa shape index (κ3) is 2.91. The van der Waals surface area contributed by atoms with Gasteiger partial charge in [-0.1, -0.05) is 23.8 Å². The molecular weight excluding hydrogens is 250 g/mol. The average Bonchev–Trinajstić information content (AvgIpc) is 2.94. The Hall–Kier alpha value is -1.34. The molecule has 98 valence electrons. The minimum absolute atomic E-state index is 0.412. The van der Waals surface area contributed by atoms with Crippen LogP contribution in [0.5, 0.6) is 0 Å². The van der Waals surface area contributed by atoms with Gasteiger partial charge in [-0.15, -0.1) is 10.2 Å². The summed E-state index contributed by atoms with van der Waals surface area (Å²) in [5, 5.41) is 13.0. The minimum atomic E-state index is 0.412. The molecule has 2 aromatic heterocycles. The van der Waals surface area contributed by atoms with Crippen LogP contribution in [0.4, 0.5) is 0 Å². The lowest BCUT2D eigenvalue weighted by atomic mass is 10.4. The van der Waals surface area contributed by atoms with Crippen LogP contribution in [0.15, 0.2) is 15.7 Å². The van der Waals surface area contributed by atoms with Gasteiger partial charge in [0.1, 0.15) is 11.6 Å². The van der Waals surface area contributed by atoms with Gasteiger partial charge >= 0.3 is 0 Å². The van der Waals surface area contributed by atoms with E-state index >= 15 is 0 Å². The Labute approximate surface area is 110 Å². The van der Waals surface area contributed by atoms with Crippen molar-refractivity contribution >= 4 is 11.8 Å². The van der Waals surface area contributed by atoms with Crippen LogP contribution in [-0.4, -0.2) is 19.9 Å². The van der Waals surface area contributed by atoms with E-state index in [-0.39, 0.29) is 0 Å². The molecule has 2 rings (SSSR count). The second-order valence-electron chi connectivity index (χ2n) is 3.98. The van der Waals surface area contributed by atoms with E-state index in [0.717, 1.165) is 35.4 Å². The van der Waals surface area contributed by atoms with Crippen molar-refractivity contribution in [1.29, 1.82) is 0 Å².